The molecule has 1 aliphatic heterocycles. The van der Waals surface area contributed by atoms with E-state index in [2.05, 4.69) is 10.3 Å². The van der Waals surface area contributed by atoms with Gasteiger partial charge in [-0.15, -0.1) is 0 Å². The monoisotopic (exact) mass is 559 g/mol. The van der Waals surface area contributed by atoms with E-state index in [-0.39, 0.29) is 13.0 Å². The lowest BCUT2D eigenvalue weighted by molar-refractivity contribution is -0.150. The first-order chi connectivity index (χ1) is 18.6. The van der Waals surface area contributed by atoms with E-state index in [1.165, 1.54) is 4.90 Å². The summed E-state index contributed by atoms with van der Waals surface area (Å²) >= 11 is 0. The van der Waals surface area contributed by atoms with Gasteiger partial charge in [-0.2, -0.15) is 0 Å². The standard InChI is InChI=1S/C29H41N3O8/c1-10-38-22-14-21(18-11-12-20(37-9)16(2)23(18)30-22)39-17-13-19(26(34)35)32(15-17)25(33)24(28(3,4)5)31-27(36)40-29(6,7)8/h11-12,14,17,19,24H,10,13,15H2,1-9H3,(H,31,36)(H,34,35)/t17?,19-,24?/m0/s1. The third-order valence-electron chi connectivity index (χ3n) is 6.53. The average molecular weight is 560 g/mol. The number of ether oxygens (including phenoxy) is 4. The van der Waals surface area contributed by atoms with Crippen molar-refractivity contribution in [2.24, 2.45) is 5.41 Å². The Kier molecular flexibility index (Phi) is 9.06. The van der Waals surface area contributed by atoms with Crippen molar-refractivity contribution in [2.45, 2.75) is 85.6 Å². The number of benzene rings is 1. The average Bonchev–Trinajstić information content (AvgIpc) is 3.25. The van der Waals surface area contributed by atoms with Crippen LogP contribution in [0.15, 0.2) is 18.2 Å². The summed E-state index contributed by atoms with van der Waals surface area (Å²) in [6.45, 7) is 14.7. The van der Waals surface area contributed by atoms with E-state index in [4.69, 9.17) is 18.9 Å². The third kappa shape index (κ3) is 7.05. The Labute approximate surface area is 235 Å². The van der Waals surface area contributed by atoms with Gasteiger partial charge in [0.05, 0.1) is 25.8 Å². The molecule has 1 fully saturated rings. The van der Waals surface area contributed by atoms with Gasteiger partial charge in [-0.05, 0) is 52.2 Å². The molecule has 0 bridgehead atoms. The van der Waals surface area contributed by atoms with Gasteiger partial charge in [-0.1, -0.05) is 20.8 Å². The minimum absolute atomic E-state index is 0.0152. The molecule has 1 aromatic carbocycles. The predicted octanol–water partition coefficient (Wildman–Crippen LogP) is 4.32. The lowest BCUT2D eigenvalue weighted by Crippen LogP contribution is -2.57. The number of likely N-dealkylation sites (tertiary alicyclic amines) is 1. The van der Waals surface area contributed by atoms with Crippen molar-refractivity contribution in [3.8, 4) is 17.4 Å². The van der Waals surface area contributed by atoms with Crippen LogP contribution in [-0.4, -0.2) is 77.0 Å². The zero-order valence-electron chi connectivity index (χ0n) is 24.8. The van der Waals surface area contributed by atoms with Crippen LogP contribution in [0.1, 0.15) is 60.5 Å². The van der Waals surface area contributed by atoms with Gasteiger partial charge >= 0.3 is 12.1 Å². The molecule has 220 valence electrons. The number of carbonyl (C=O) groups is 3. The second kappa shape index (κ2) is 11.8. The molecule has 3 atom stereocenters. The van der Waals surface area contributed by atoms with Gasteiger partial charge in [0.25, 0.3) is 0 Å². The molecule has 1 saturated heterocycles. The van der Waals surface area contributed by atoms with Crippen molar-refractivity contribution in [2.75, 3.05) is 20.3 Å². The maximum absolute atomic E-state index is 13.8. The SMILES string of the molecule is CCOc1cc(OC2C[C@@H](C(=O)O)N(C(=O)C(NC(=O)OC(C)(C)C)C(C)(C)C)C2)c2ccc(OC)c(C)c2n1. The van der Waals surface area contributed by atoms with Gasteiger partial charge in [0, 0.05) is 23.4 Å². The summed E-state index contributed by atoms with van der Waals surface area (Å²) in [6, 6.07) is 3.15. The van der Waals surface area contributed by atoms with E-state index in [0.717, 1.165) is 5.56 Å². The van der Waals surface area contributed by atoms with Crippen molar-refractivity contribution in [3.05, 3.63) is 23.8 Å². The van der Waals surface area contributed by atoms with Gasteiger partial charge in [-0.25, -0.2) is 14.6 Å². The number of alkyl carbamates (subject to hydrolysis) is 1. The fourth-order valence-electron chi connectivity index (χ4n) is 4.68. The number of amides is 2. The van der Waals surface area contributed by atoms with E-state index in [1.807, 2.05) is 26.0 Å². The molecule has 2 heterocycles. The van der Waals surface area contributed by atoms with Crippen molar-refractivity contribution < 1.29 is 38.4 Å². The molecule has 1 aliphatic rings. The summed E-state index contributed by atoms with van der Waals surface area (Å²) in [4.78, 5) is 44.5. The number of rotatable bonds is 8. The summed E-state index contributed by atoms with van der Waals surface area (Å²) in [6.07, 6.45) is -1.32. The number of nitrogens with one attached hydrogen (secondary N) is 1. The largest absolute Gasteiger partial charge is 0.496 e. The number of hydrogen-bond acceptors (Lipinski definition) is 8. The van der Waals surface area contributed by atoms with E-state index in [1.54, 1.807) is 54.7 Å². The Morgan fingerprint density at radius 2 is 1.82 bits per heavy atom. The van der Waals surface area contributed by atoms with Gasteiger partial charge < -0.3 is 34.3 Å². The number of methoxy groups -OCH3 is 1. The Bertz CT molecular complexity index is 1260. The topological polar surface area (TPSA) is 137 Å². The number of aromatic nitrogens is 1. The normalized spacial score (nSPS) is 18.3. The fourth-order valence-corrected chi connectivity index (χ4v) is 4.68. The summed E-state index contributed by atoms with van der Waals surface area (Å²) in [7, 11) is 1.58. The Morgan fingerprint density at radius 1 is 1.15 bits per heavy atom. The fraction of sp³-hybridized carbons (Fsp3) is 0.586. The van der Waals surface area contributed by atoms with Crippen molar-refractivity contribution >= 4 is 28.9 Å². The lowest BCUT2D eigenvalue weighted by Gasteiger charge is -2.35. The van der Waals surface area contributed by atoms with Crippen LogP contribution in [0.4, 0.5) is 4.79 Å². The Hall–Kier alpha value is -3.76. The molecule has 2 amide bonds. The Balaban J connectivity index is 1.93. The maximum atomic E-state index is 13.8. The van der Waals surface area contributed by atoms with Gasteiger partial charge in [0.2, 0.25) is 11.8 Å². The van der Waals surface area contributed by atoms with E-state index in [9.17, 15) is 19.5 Å². The molecule has 0 spiro atoms. The molecule has 11 nitrogen and oxygen atoms in total. The highest BCUT2D eigenvalue weighted by molar-refractivity contribution is 5.91. The number of carbonyl (C=O) groups excluding carboxylic acids is 2. The number of carboxylic acid groups (broad SMARTS) is 1. The molecule has 0 aliphatic carbocycles. The molecule has 40 heavy (non-hydrogen) atoms. The molecule has 0 radical (unpaired) electrons. The van der Waals surface area contributed by atoms with Crippen LogP contribution in [0.3, 0.4) is 0 Å². The van der Waals surface area contributed by atoms with E-state index >= 15 is 0 Å². The molecule has 3 rings (SSSR count). The van der Waals surface area contributed by atoms with Crippen LogP contribution in [0.25, 0.3) is 10.9 Å². The van der Waals surface area contributed by atoms with Gasteiger partial charge in [0.15, 0.2) is 0 Å². The maximum Gasteiger partial charge on any atom is 0.408 e. The van der Waals surface area contributed by atoms with Crippen LogP contribution in [0, 0.1) is 12.3 Å². The van der Waals surface area contributed by atoms with Crippen LogP contribution in [-0.2, 0) is 14.3 Å². The molecule has 1 aromatic heterocycles. The number of nitrogens with zero attached hydrogens (tertiary/aromatic N) is 2. The molecule has 2 N–H and O–H groups in total. The van der Waals surface area contributed by atoms with Crippen LogP contribution >= 0.6 is 0 Å². The second-order valence-corrected chi connectivity index (χ2v) is 11.9. The number of pyridine rings is 1. The van der Waals surface area contributed by atoms with E-state index in [0.29, 0.717) is 34.9 Å². The van der Waals surface area contributed by atoms with Crippen molar-refractivity contribution in [3.63, 3.8) is 0 Å². The third-order valence-corrected chi connectivity index (χ3v) is 6.53. The van der Waals surface area contributed by atoms with E-state index < -0.39 is 47.2 Å². The lowest BCUT2D eigenvalue weighted by atomic mass is 9.85. The first kappa shape index (κ1) is 30.8. The zero-order chi connectivity index (χ0) is 30.0. The number of aliphatic carboxylic acids is 1. The number of fused-ring (bicyclic) bond motifs is 1. The molecular formula is C29H41N3O8. The highest BCUT2D eigenvalue weighted by Crippen LogP contribution is 2.36. The highest BCUT2D eigenvalue weighted by Gasteiger charge is 2.46. The molecule has 11 heteroatoms. The van der Waals surface area contributed by atoms with Crippen molar-refractivity contribution in [1.82, 2.24) is 15.2 Å². The second-order valence-electron chi connectivity index (χ2n) is 11.9. The minimum Gasteiger partial charge on any atom is -0.496 e. The first-order valence-corrected chi connectivity index (χ1v) is 13.4. The molecule has 2 aromatic rings. The van der Waals surface area contributed by atoms with Crippen LogP contribution in [0.2, 0.25) is 0 Å². The highest BCUT2D eigenvalue weighted by atomic mass is 16.6. The number of hydrogen-bond donors (Lipinski definition) is 2. The summed E-state index contributed by atoms with van der Waals surface area (Å²) in [5.41, 5.74) is -0.0446. The van der Waals surface area contributed by atoms with Gasteiger partial charge in [0.1, 0.15) is 35.3 Å². The first-order valence-electron chi connectivity index (χ1n) is 13.4. The molecule has 2 unspecified atom stereocenters. The van der Waals surface area contributed by atoms with Crippen LogP contribution in [0.5, 0.6) is 17.4 Å². The summed E-state index contributed by atoms with van der Waals surface area (Å²) < 4.78 is 22.8. The number of carboxylic acids is 1. The quantitative estimate of drug-likeness (QED) is 0.484. The number of aryl methyl sites for hydroxylation is 1. The smallest absolute Gasteiger partial charge is 0.408 e. The zero-order valence-corrected chi connectivity index (χ0v) is 24.8. The molecular weight excluding hydrogens is 518 g/mol. The minimum atomic E-state index is -1.15. The van der Waals surface area contributed by atoms with Gasteiger partial charge in [-0.3, -0.25) is 4.79 Å². The molecule has 0 saturated carbocycles. The Morgan fingerprint density at radius 3 is 2.38 bits per heavy atom. The summed E-state index contributed by atoms with van der Waals surface area (Å²) in [5, 5.41) is 13.4. The van der Waals surface area contributed by atoms with Crippen LogP contribution < -0.4 is 19.5 Å². The predicted molar refractivity (Wildman–Crippen MR) is 149 cm³/mol. The summed E-state index contributed by atoms with van der Waals surface area (Å²) in [5.74, 6) is -0.196. The van der Waals surface area contributed by atoms with Crippen molar-refractivity contribution in [1.29, 1.82) is 0 Å².